The molecule has 1 amide bonds. The number of amides is 1. The summed E-state index contributed by atoms with van der Waals surface area (Å²) in [4.78, 5) is 21.8. The Morgan fingerprint density at radius 1 is 1.00 bits per heavy atom. The van der Waals surface area contributed by atoms with Crippen LogP contribution in [0, 0.1) is 0 Å². The highest BCUT2D eigenvalue weighted by atomic mass is 32.1. The number of anilines is 2. The molecule has 4 aromatic rings. The highest BCUT2D eigenvalue weighted by Crippen LogP contribution is 2.32. The Bertz CT molecular complexity index is 1400. The molecule has 1 N–H and O–H groups in total. The predicted octanol–water partition coefficient (Wildman–Crippen LogP) is 5.50. The van der Waals surface area contributed by atoms with Gasteiger partial charge in [-0.05, 0) is 12.1 Å². The van der Waals surface area contributed by atoms with Crippen molar-refractivity contribution < 1.29 is 18.0 Å². The van der Waals surface area contributed by atoms with Crippen molar-refractivity contribution in [2.45, 2.75) is 6.18 Å². The smallest absolute Gasteiger partial charge is 0.265 e. The molecule has 2 aromatic carbocycles. The van der Waals surface area contributed by atoms with Gasteiger partial charge in [0.25, 0.3) is 0 Å². The Labute approximate surface area is 198 Å². The van der Waals surface area contributed by atoms with Crippen molar-refractivity contribution in [2.24, 2.45) is 10.2 Å². The third kappa shape index (κ3) is 4.32. The molecule has 12 heteroatoms. The quantitative estimate of drug-likeness (QED) is 0.368. The summed E-state index contributed by atoms with van der Waals surface area (Å²) < 4.78 is 39.9. The molecule has 0 atom stereocenters. The average Bonchev–Trinajstić information content (AvgIpc) is 3.58. The molecule has 0 radical (unpaired) electrons. The standard InChI is InChI=1S/C22H13F3N6OS2/c23-22(24,25)15-8-4-7-14(11-15)17-18(28-29-20-26-9-10-33-20)19(32)31(30-17)21-27-16(12-34-21)13-5-2-1-3-6-13/h1-12H,(H,26,29)/b28-18-. The topological polar surface area (TPSA) is 82.8 Å². The van der Waals surface area contributed by atoms with Gasteiger partial charge in [-0.2, -0.15) is 28.4 Å². The molecule has 2 aromatic heterocycles. The maximum Gasteiger partial charge on any atom is 0.416 e. The zero-order valence-electron chi connectivity index (χ0n) is 17.0. The van der Waals surface area contributed by atoms with E-state index in [0.29, 0.717) is 10.8 Å². The fraction of sp³-hybridized carbons (Fsp3) is 0.0455. The summed E-state index contributed by atoms with van der Waals surface area (Å²) in [5.41, 5.74) is 3.28. The van der Waals surface area contributed by atoms with E-state index in [1.807, 2.05) is 30.3 Å². The predicted molar refractivity (Wildman–Crippen MR) is 126 cm³/mol. The number of hydrazone groups is 2. The molecule has 7 nitrogen and oxygen atoms in total. The van der Waals surface area contributed by atoms with E-state index >= 15 is 0 Å². The zero-order valence-corrected chi connectivity index (χ0v) is 18.7. The van der Waals surface area contributed by atoms with E-state index in [0.717, 1.165) is 22.7 Å². The van der Waals surface area contributed by atoms with Crippen LogP contribution >= 0.6 is 22.7 Å². The van der Waals surface area contributed by atoms with Crippen molar-refractivity contribution in [1.82, 2.24) is 9.97 Å². The number of nitrogens with one attached hydrogen (secondary N) is 1. The second-order valence-corrected chi connectivity index (χ2v) is 8.67. The van der Waals surface area contributed by atoms with E-state index in [2.05, 4.69) is 25.6 Å². The Kier molecular flexibility index (Phi) is 5.67. The third-order valence-corrected chi connectivity index (χ3v) is 6.21. The molecule has 0 aliphatic carbocycles. The first-order valence-corrected chi connectivity index (χ1v) is 11.5. The third-order valence-electron chi connectivity index (χ3n) is 4.72. The number of halogens is 3. The normalized spacial score (nSPS) is 15.1. The van der Waals surface area contributed by atoms with Gasteiger partial charge in [-0.25, -0.2) is 9.97 Å². The minimum Gasteiger partial charge on any atom is -0.265 e. The number of carbonyl (C=O) groups is 1. The Hall–Kier alpha value is -3.90. The second kappa shape index (κ2) is 8.80. The van der Waals surface area contributed by atoms with E-state index in [1.54, 1.807) is 17.0 Å². The van der Waals surface area contributed by atoms with Gasteiger partial charge in [0.1, 0.15) is 5.71 Å². The summed E-state index contributed by atoms with van der Waals surface area (Å²) in [6, 6.07) is 14.0. The van der Waals surface area contributed by atoms with E-state index < -0.39 is 17.6 Å². The number of benzene rings is 2. The van der Waals surface area contributed by atoms with E-state index in [-0.39, 0.29) is 22.1 Å². The molecule has 0 spiro atoms. The van der Waals surface area contributed by atoms with Crippen LogP contribution in [-0.2, 0) is 11.0 Å². The van der Waals surface area contributed by atoms with Crippen LogP contribution in [-0.4, -0.2) is 27.3 Å². The molecule has 1 aliphatic rings. The van der Waals surface area contributed by atoms with Gasteiger partial charge in [0.2, 0.25) is 10.3 Å². The fourth-order valence-electron chi connectivity index (χ4n) is 3.15. The molecule has 34 heavy (non-hydrogen) atoms. The van der Waals surface area contributed by atoms with Gasteiger partial charge in [-0.1, -0.05) is 42.5 Å². The number of nitrogens with zero attached hydrogens (tertiary/aromatic N) is 5. The van der Waals surface area contributed by atoms with Gasteiger partial charge in [0, 0.05) is 28.1 Å². The van der Waals surface area contributed by atoms with Crippen molar-refractivity contribution in [3.63, 3.8) is 0 Å². The summed E-state index contributed by atoms with van der Waals surface area (Å²) in [7, 11) is 0. The molecule has 170 valence electrons. The van der Waals surface area contributed by atoms with Crippen LogP contribution in [0.1, 0.15) is 11.1 Å². The first-order chi connectivity index (χ1) is 16.4. The lowest BCUT2D eigenvalue weighted by atomic mass is 10.0. The van der Waals surface area contributed by atoms with Crippen molar-refractivity contribution in [3.05, 3.63) is 82.7 Å². The van der Waals surface area contributed by atoms with Crippen molar-refractivity contribution in [2.75, 3.05) is 10.4 Å². The minimum absolute atomic E-state index is 0.00313. The number of thiazole rings is 2. The highest BCUT2D eigenvalue weighted by molar-refractivity contribution is 7.14. The second-order valence-electron chi connectivity index (χ2n) is 6.93. The number of rotatable bonds is 5. The molecule has 0 saturated heterocycles. The zero-order chi connectivity index (χ0) is 23.7. The van der Waals surface area contributed by atoms with Crippen LogP contribution in [0.15, 0.2) is 81.8 Å². The fourth-order valence-corrected chi connectivity index (χ4v) is 4.40. The van der Waals surface area contributed by atoms with Crippen LogP contribution < -0.4 is 10.4 Å². The molecule has 0 unspecified atom stereocenters. The van der Waals surface area contributed by atoms with Crippen molar-refractivity contribution in [1.29, 1.82) is 0 Å². The minimum atomic E-state index is -4.55. The summed E-state index contributed by atoms with van der Waals surface area (Å²) >= 11 is 2.44. The summed E-state index contributed by atoms with van der Waals surface area (Å²) in [6.45, 7) is 0. The molecule has 5 rings (SSSR count). The number of hydrogen-bond donors (Lipinski definition) is 1. The van der Waals surface area contributed by atoms with Crippen LogP contribution in [0.2, 0.25) is 0 Å². The van der Waals surface area contributed by atoms with Crippen molar-refractivity contribution >= 4 is 50.3 Å². The van der Waals surface area contributed by atoms with Gasteiger partial charge in [0.15, 0.2) is 5.71 Å². The Balaban J connectivity index is 1.55. The molecule has 0 bridgehead atoms. The van der Waals surface area contributed by atoms with Crippen LogP contribution in [0.5, 0.6) is 0 Å². The van der Waals surface area contributed by atoms with Gasteiger partial charge in [-0.3, -0.25) is 10.2 Å². The molecular formula is C22H13F3N6OS2. The first-order valence-electron chi connectivity index (χ1n) is 9.75. The largest absolute Gasteiger partial charge is 0.416 e. The van der Waals surface area contributed by atoms with Crippen LogP contribution in [0.4, 0.5) is 23.4 Å². The van der Waals surface area contributed by atoms with Crippen molar-refractivity contribution in [3.8, 4) is 11.3 Å². The maximum absolute atomic E-state index is 13.3. The molecule has 1 aliphatic heterocycles. The summed E-state index contributed by atoms with van der Waals surface area (Å²) in [5, 5.41) is 13.7. The molecular weight excluding hydrogens is 485 g/mol. The molecule has 3 heterocycles. The molecule has 0 fully saturated rings. The average molecular weight is 499 g/mol. The van der Waals surface area contributed by atoms with Gasteiger partial charge in [0.05, 0.1) is 11.3 Å². The number of alkyl halides is 3. The lowest BCUT2D eigenvalue weighted by molar-refractivity contribution is -0.137. The SMILES string of the molecule is O=C1/C(=N\Nc2nccs2)C(c2cccc(C(F)(F)F)c2)=NN1c1nc(-c2ccccc2)cs1. The first kappa shape index (κ1) is 21.9. The molecule has 0 saturated carbocycles. The lowest BCUT2D eigenvalue weighted by Crippen LogP contribution is -2.28. The summed E-state index contributed by atoms with van der Waals surface area (Å²) in [6.07, 6.45) is -2.99. The Morgan fingerprint density at radius 2 is 1.79 bits per heavy atom. The lowest BCUT2D eigenvalue weighted by Gasteiger charge is -2.08. The number of hydrogen-bond acceptors (Lipinski definition) is 8. The Morgan fingerprint density at radius 3 is 2.53 bits per heavy atom. The summed E-state index contributed by atoms with van der Waals surface area (Å²) in [5.74, 6) is -0.620. The van der Waals surface area contributed by atoms with E-state index in [1.165, 1.54) is 34.8 Å². The number of aromatic nitrogens is 2. The van der Waals surface area contributed by atoms with Crippen LogP contribution in [0.25, 0.3) is 11.3 Å². The number of carbonyl (C=O) groups excluding carboxylic acids is 1. The van der Waals surface area contributed by atoms with E-state index in [9.17, 15) is 18.0 Å². The maximum atomic E-state index is 13.3. The van der Waals surface area contributed by atoms with Gasteiger partial charge < -0.3 is 0 Å². The van der Waals surface area contributed by atoms with Gasteiger partial charge in [-0.15, -0.1) is 22.7 Å². The monoisotopic (exact) mass is 498 g/mol. The van der Waals surface area contributed by atoms with Gasteiger partial charge >= 0.3 is 12.1 Å². The van der Waals surface area contributed by atoms with E-state index in [4.69, 9.17) is 0 Å². The van der Waals surface area contributed by atoms with Crippen LogP contribution in [0.3, 0.4) is 0 Å². The highest BCUT2D eigenvalue weighted by Gasteiger charge is 2.37.